The molecule has 4 rings (SSSR count). The molecule has 2 N–H and O–H groups in total. The first-order valence-corrected chi connectivity index (χ1v) is 8.13. The van der Waals surface area contributed by atoms with Crippen LogP contribution in [0.25, 0.3) is 21.8 Å². The zero-order valence-electron chi connectivity index (χ0n) is 15.6. The summed E-state index contributed by atoms with van der Waals surface area (Å²) >= 11 is 0. The third-order valence-corrected chi connectivity index (χ3v) is 2.93. The fourth-order valence-corrected chi connectivity index (χ4v) is 1.99. The highest BCUT2D eigenvalue weighted by Gasteiger charge is 1.87. The topological polar surface area (TPSA) is 78.0 Å². The number of hydrogen-bond acceptors (Lipinski definition) is 3. The molecular formula is C20H26N4O2. The molecule has 0 aliphatic heterocycles. The van der Waals surface area contributed by atoms with Crippen molar-refractivity contribution in [2.45, 2.75) is 0 Å². The predicted octanol–water partition coefficient (Wildman–Crippen LogP) is 4.41. The third-order valence-electron chi connectivity index (χ3n) is 2.93. The van der Waals surface area contributed by atoms with Crippen LogP contribution in [0.15, 0.2) is 73.1 Å². The van der Waals surface area contributed by atoms with Gasteiger partial charge in [0.25, 0.3) is 0 Å². The van der Waals surface area contributed by atoms with Gasteiger partial charge in [0, 0.05) is 28.4 Å². The second-order valence-electron chi connectivity index (χ2n) is 5.91. The molecule has 0 saturated heterocycles. The van der Waals surface area contributed by atoms with E-state index < -0.39 is 4.92 Å². The van der Waals surface area contributed by atoms with Crippen molar-refractivity contribution in [3.8, 4) is 0 Å². The predicted molar refractivity (Wildman–Crippen MR) is 109 cm³/mol. The van der Waals surface area contributed by atoms with Crippen LogP contribution in [0.3, 0.4) is 0 Å². The Hall–Kier alpha value is -3.12. The first-order valence-electron chi connectivity index (χ1n) is 8.13. The Labute approximate surface area is 153 Å². The van der Waals surface area contributed by atoms with Gasteiger partial charge in [0.2, 0.25) is 0 Å². The van der Waals surface area contributed by atoms with Gasteiger partial charge in [0.1, 0.15) is 0 Å². The summed E-state index contributed by atoms with van der Waals surface area (Å²) in [6, 6.07) is 20.6. The molecule has 2 aromatic heterocycles. The summed E-state index contributed by atoms with van der Waals surface area (Å²) in [6.07, 6.45) is 3.90. The Bertz CT molecular complexity index is 764. The van der Waals surface area contributed by atoms with Gasteiger partial charge in [-0.25, -0.2) is 0 Å². The largest absolute Gasteiger partial charge is 0.361 e. The third kappa shape index (κ3) is 8.65. The minimum atomic E-state index is -0.500. The lowest BCUT2D eigenvalue weighted by Gasteiger charge is -1.90. The van der Waals surface area contributed by atoms with E-state index >= 15 is 0 Å². The van der Waals surface area contributed by atoms with E-state index in [9.17, 15) is 0 Å². The first-order chi connectivity index (χ1) is 12.4. The van der Waals surface area contributed by atoms with Gasteiger partial charge in [0.15, 0.2) is 7.05 Å². The molecule has 0 unspecified atom stereocenters. The van der Waals surface area contributed by atoms with E-state index in [-0.39, 0.29) is 0 Å². The summed E-state index contributed by atoms with van der Waals surface area (Å²) in [5, 5.41) is 11.4. The maximum absolute atomic E-state index is 8.81. The molecule has 0 atom stereocenters. The smallest absolute Gasteiger partial charge is 0.194 e. The molecule has 6 nitrogen and oxygen atoms in total. The molecule has 0 spiro atoms. The van der Waals surface area contributed by atoms with Crippen LogP contribution in [-0.2, 0) is 0 Å². The van der Waals surface area contributed by atoms with Gasteiger partial charge in [-0.3, -0.25) is 10.1 Å². The molecule has 0 amide bonds. The second-order valence-corrected chi connectivity index (χ2v) is 5.91. The summed E-state index contributed by atoms with van der Waals surface area (Å²) in [5.41, 5.74) is 2.41. The van der Waals surface area contributed by atoms with E-state index in [1.54, 1.807) is 0 Å². The molecule has 0 saturated carbocycles. The fourth-order valence-electron chi connectivity index (χ4n) is 1.99. The summed E-state index contributed by atoms with van der Waals surface area (Å²) in [6.45, 7) is 0. The van der Waals surface area contributed by atoms with Crippen molar-refractivity contribution < 1.29 is 4.92 Å². The van der Waals surface area contributed by atoms with Gasteiger partial charge in [-0.2, -0.15) is 0 Å². The Kier molecular flexibility index (Phi) is 9.20. The normalized spacial score (nSPS) is 9.42. The number of para-hydroxylation sites is 2. The lowest BCUT2D eigenvalue weighted by atomic mass is 10.3. The zero-order chi connectivity index (χ0) is 19.4. The number of nitro groups is 1. The van der Waals surface area contributed by atoms with Gasteiger partial charge in [-0.05, 0) is 56.2 Å². The molecule has 6 heteroatoms. The fraction of sp³-hybridized carbons (Fsp3) is 0.200. The molecule has 0 fully saturated rings. The highest BCUT2D eigenvalue weighted by Crippen LogP contribution is 2.09. The van der Waals surface area contributed by atoms with Crippen LogP contribution in [-0.4, -0.2) is 48.0 Å². The van der Waals surface area contributed by atoms with Crippen LogP contribution in [0.5, 0.6) is 0 Å². The monoisotopic (exact) mass is 354 g/mol. The number of benzene rings is 2. The molecule has 0 radical (unpaired) electrons. The van der Waals surface area contributed by atoms with Crippen molar-refractivity contribution in [3.63, 3.8) is 0 Å². The lowest BCUT2D eigenvalue weighted by Crippen LogP contribution is -1.99. The van der Waals surface area contributed by atoms with E-state index in [1.165, 1.54) is 21.8 Å². The molecule has 0 aliphatic rings. The molecular weight excluding hydrogens is 328 g/mol. The maximum atomic E-state index is 8.81. The quantitative estimate of drug-likeness (QED) is 0.363. The van der Waals surface area contributed by atoms with E-state index in [0.717, 1.165) is 7.05 Å². The molecule has 2 aromatic carbocycles. The van der Waals surface area contributed by atoms with E-state index in [1.807, 2.05) is 62.7 Å². The second kappa shape index (κ2) is 11.4. The average molecular weight is 354 g/mol. The highest BCUT2D eigenvalue weighted by molar-refractivity contribution is 5.79. The molecule has 2 heterocycles. The van der Waals surface area contributed by atoms with Crippen LogP contribution in [0.1, 0.15) is 0 Å². The van der Waals surface area contributed by atoms with Crippen LogP contribution in [0.2, 0.25) is 0 Å². The molecule has 0 aliphatic carbocycles. The number of fused-ring (bicyclic) bond motifs is 2. The van der Waals surface area contributed by atoms with E-state index in [0.29, 0.717) is 0 Å². The van der Waals surface area contributed by atoms with Gasteiger partial charge in [-0.1, -0.05) is 36.4 Å². The van der Waals surface area contributed by atoms with Gasteiger partial charge in [0.05, 0.1) is 0 Å². The minimum Gasteiger partial charge on any atom is -0.361 e. The Morgan fingerprint density at radius 2 is 1.08 bits per heavy atom. The van der Waals surface area contributed by atoms with Crippen molar-refractivity contribution in [2.75, 3.05) is 28.2 Å². The van der Waals surface area contributed by atoms with Crippen molar-refractivity contribution in [1.82, 2.24) is 14.9 Å². The summed E-state index contributed by atoms with van der Waals surface area (Å²) in [4.78, 5) is 16.5. The van der Waals surface area contributed by atoms with Crippen molar-refractivity contribution >= 4 is 21.8 Å². The maximum Gasteiger partial charge on any atom is 0.194 e. The molecule has 138 valence electrons. The number of rotatable bonds is 0. The van der Waals surface area contributed by atoms with Crippen LogP contribution >= 0.6 is 0 Å². The van der Waals surface area contributed by atoms with Crippen molar-refractivity contribution in [3.05, 3.63) is 83.2 Å². The van der Waals surface area contributed by atoms with E-state index in [4.69, 9.17) is 10.1 Å². The lowest BCUT2D eigenvalue weighted by molar-refractivity contribution is -0.445. The minimum absolute atomic E-state index is 0.500. The standard InChI is InChI=1S/2C8H7N.C3H9N.CH3NO2/c2*1-2-4-8-7(3-1)5-6-9-8;1-4(2)3;1-2(3)4/h2*1-6,9H;1-3H3;1H3. The average Bonchev–Trinajstić information content (AvgIpc) is 3.23. The Balaban J connectivity index is 0.000000188. The SMILES string of the molecule is CN(C)C.C[N+](=O)[O-].c1ccc2[nH]ccc2c1.c1ccc2[nH]ccc2c1. The number of nitrogens with zero attached hydrogens (tertiary/aromatic N) is 2. The van der Waals surface area contributed by atoms with Crippen LogP contribution < -0.4 is 0 Å². The number of aromatic nitrogens is 2. The van der Waals surface area contributed by atoms with Crippen LogP contribution in [0.4, 0.5) is 0 Å². The highest BCUT2D eigenvalue weighted by atomic mass is 16.6. The summed E-state index contributed by atoms with van der Waals surface area (Å²) in [5.74, 6) is 0. The molecule has 26 heavy (non-hydrogen) atoms. The Morgan fingerprint density at radius 1 is 0.769 bits per heavy atom. The number of nitrogens with one attached hydrogen (secondary N) is 2. The van der Waals surface area contributed by atoms with Gasteiger partial charge in [-0.15, -0.1) is 0 Å². The van der Waals surface area contributed by atoms with Crippen molar-refractivity contribution in [1.29, 1.82) is 0 Å². The Morgan fingerprint density at radius 3 is 1.38 bits per heavy atom. The summed E-state index contributed by atoms with van der Waals surface area (Å²) < 4.78 is 0. The van der Waals surface area contributed by atoms with Gasteiger partial charge < -0.3 is 14.9 Å². The van der Waals surface area contributed by atoms with Crippen LogP contribution in [0, 0.1) is 10.1 Å². The first kappa shape index (κ1) is 20.9. The molecule has 0 bridgehead atoms. The zero-order valence-corrected chi connectivity index (χ0v) is 15.6. The van der Waals surface area contributed by atoms with E-state index in [2.05, 4.69) is 46.4 Å². The number of H-pyrrole nitrogens is 2. The van der Waals surface area contributed by atoms with Crippen molar-refractivity contribution in [2.24, 2.45) is 0 Å². The summed E-state index contributed by atoms with van der Waals surface area (Å²) in [7, 11) is 6.89. The molecule has 4 aromatic rings. The number of hydrogen-bond donors (Lipinski definition) is 2. The van der Waals surface area contributed by atoms with Gasteiger partial charge >= 0.3 is 0 Å². The number of aromatic amines is 2.